The van der Waals surface area contributed by atoms with Crippen molar-refractivity contribution in [1.29, 1.82) is 0 Å². The number of unbranched alkanes of at least 4 members (excludes halogenated alkanes) is 1. The maximum atomic E-state index is 12.0. The van der Waals surface area contributed by atoms with E-state index in [1.807, 2.05) is 0 Å². The fourth-order valence-electron chi connectivity index (χ4n) is 2.49. The number of benzene rings is 1. The molecular weight excluding hydrogens is 320 g/mol. The van der Waals surface area contributed by atoms with E-state index in [0.29, 0.717) is 29.8 Å². The average molecular weight is 350 g/mol. The van der Waals surface area contributed by atoms with Crippen molar-refractivity contribution < 1.29 is 23.7 Å². The van der Waals surface area contributed by atoms with Gasteiger partial charge in [0.25, 0.3) is 0 Å². The predicted molar refractivity (Wildman–Crippen MR) is 99.4 cm³/mol. The highest BCUT2D eigenvalue weighted by molar-refractivity contribution is 5.87. The molecule has 0 amide bonds. The standard InChI is InChI=1S/C20H30O5/c1-6-8-9-15(7-2)14-25-20(21)11-10-16-12-18(23-4)19(24-5)13-17(16)22-3/h10-13,15H,6-9,14H2,1-5H3. The van der Waals surface area contributed by atoms with Crippen molar-refractivity contribution in [2.75, 3.05) is 27.9 Å². The van der Waals surface area contributed by atoms with Gasteiger partial charge in [0, 0.05) is 17.7 Å². The van der Waals surface area contributed by atoms with Crippen molar-refractivity contribution in [3.05, 3.63) is 23.8 Å². The normalized spacial score (nSPS) is 12.0. The predicted octanol–water partition coefficient (Wildman–Crippen LogP) is 4.49. The third kappa shape index (κ3) is 6.69. The highest BCUT2D eigenvalue weighted by atomic mass is 16.5. The first-order valence-electron chi connectivity index (χ1n) is 8.74. The average Bonchev–Trinajstić information content (AvgIpc) is 2.65. The second-order valence-corrected chi connectivity index (χ2v) is 5.83. The van der Waals surface area contributed by atoms with Crippen molar-refractivity contribution in [2.24, 2.45) is 5.92 Å². The third-order valence-electron chi connectivity index (χ3n) is 4.14. The smallest absolute Gasteiger partial charge is 0.330 e. The Labute approximate surface area is 150 Å². The van der Waals surface area contributed by atoms with Gasteiger partial charge in [-0.3, -0.25) is 0 Å². The van der Waals surface area contributed by atoms with E-state index in [1.165, 1.54) is 6.08 Å². The molecule has 0 bridgehead atoms. The molecule has 0 N–H and O–H groups in total. The minimum Gasteiger partial charge on any atom is -0.496 e. The summed E-state index contributed by atoms with van der Waals surface area (Å²) in [5.41, 5.74) is 0.718. The summed E-state index contributed by atoms with van der Waals surface area (Å²) in [5.74, 6) is 1.80. The lowest BCUT2D eigenvalue weighted by molar-refractivity contribution is -0.139. The molecule has 140 valence electrons. The lowest BCUT2D eigenvalue weighted by atomic mass is 10.0. The molecule has 0 aliphatic heterocycles. The lowest BCUT2D eigenvalue weighted by Gasteiger charge is -2.14. The Kier molecular flexibility index (Phi) is 9.51. The number of hydrogen-bond acceptors (Lipinski definition) is 5. The number of methoxy groups -OCH3 is 3. The summed E-state index contributed by atoms with van der Waals surface area (Å²) in [7, 11) is 4.69. The summed E-state index contributed by atoms with van der Waals surface area (Å²) in [6, 6.07) is 3.49. The van der Waals surface area contributed by atoms with Crippen molar-refractivity contribution in [1.82, 2.24) is 0 Å². The summed E-state index contributed by atoms with van der Waals surface area (Å²) in [6.45, 7) is 4.75. The van der Waals surface area contributed by atoms with Crippen LogP contribution in [0.5, 0.6) is 17.2 Å². The molecule has 0 spiro atoms. The summed E-state index contributed by atoms with van der Waals surface area (Å²) >= 11 is 0. The Bertz CT molecular complexity index is 565. The molecule has 5 nitrogen and oxygen atoms in total. The van der Waals surface area contributed by atoms with Gasteiger partial charge in [-0.05, 0) is 24.5 Å². The van der Waals surface area contributed by atoms with Crippen LogP contribution in [0.2, 0.25) is 0 Å². The third-order valence-corrected chi connectivity index (χ3v) is 4.14. The van der Waals surface area contributed by atoms with E-state index < -0.39 is 0 Å². The first kappa shape index (κ1) is 20.9. The molecule has 1 unspecified atom stereocenters. The molecule has 0 saturated carbocycles. The number of esters is 1. The van der Waals surface area contributed by atoms with Crippen LogP contribution in [0, 0.1) is 5.92 Å². The van der Waals surface area contributed by atoms with Crippen LogP contribution < -0.4 is 14.2 Å². The molecule has 0 radical (unpaired) electrons. The summed E-state index contributed by atoms with van der Waals surface area (Å²) in [6.07, 6.45) is 7.50. The quantitative estimate of drug-likeness (QED) is 0.435. The fourth-order valence-corrected chi connectivity index (χ4v) is 2.49. The molecule has 0 aliphatic carbocycles. The van der Waals surface area contributed by atoms with Gasteiger partial charge in [0.2, 0.25) is 0 Å². The number of carbonyl (C=O) groups excluding carboxylic acids is 1. The zero-order valence-electron chi connectivity index (χ0n) is 16.0. The highest BCUT2D eigenvalue weighted by Gasteiger charge is 2.11. The number of carbonyl (C=O) groups is 1. The second kappa shape index (κ2) is 11.4. The van der Waals surface area contributed by atoms with Crippen molar-refractivity contribution >= 4 is 12.0 Å². The van der Waals surface area contributed by atoms with E-state index >= 15 is 0 Å². The molecule has 0 fully saturated rings. The summed E-state index contributed by atoms with van der Waals surface area (Å²) in [4.78, 5) is 12.0. The molecule has 0 aromatic heterocycles. The zero-order valence-corrected chi connectivity index (χ0v) is 16.0. The minimum atomic E-state index is -0.355. The largest absolute Gasteiger partial charge is 0.496 e. The monoisotopic (exact) mass is 350 g/mol. The van der Waals surface area contributed by atoms with Crippen LogP contribution in [-0.4, -0.2) is 33.9 Å². The molecule has 5 heteroatoms. The van der Waals surface area contributed by atoms with Gasteiger partial charge in [-0.2, -0.15) is 0 Å². The van der Waals surface area contributed by atoms with Gasteiger partial charge in [0.05, 0.1) is 27.9 Å². The molecular formula is C20H30O5. The van der Waals surface area contributed by atoms with Gasteiger partial charge in [-0.25, -0.2) is 4.79 Å². The van der Waals surface area contributed by atoms with Crippen molar-refractivity contribution in [3.63, 3.8) is 0 Å². The Balaban J connectivity index is 2.75. The van der Waals surface area contributed by atoms with Crippen molar-refractivity contribution in [2.45, 2.75) is 39.5 Å². The van der Waals surface area contributed by atoms with Gasteiger partial charge in [-0.1, -0.05) is 33.1 Å². The topological polar surface area (TPSA) is 54.0 Å². The molecule has 1 aromatic rings. The van der Waals surface area contributed by atoms with Gasteiger partial charge in [-0.15, -0.1) is 0 Å². The number of ether oxygens (including phenoxy) is 4. The maximum absolute atomic E-state index is 12.0. The number of rotatable bonds is 11. The Morgan fingerprint density at radius 3 is 2.24 bits per heavy atom. The van der Waals surface area contributed by atoms with Gasteiger partial charge in [0.15, 0.2) is 11.5 Å². The van der Waals surface area contributed by atoms with Gasteiger partial charge >= 0.3 is 5.97 Å². The van der Waals surface area contributed by atoms with Gasteiger partial charge in [0.1, 0.15) is 5.75 Å². The van der Waals surface area contributed by atoms with E-state index in [-0.39, 0.29) is 5.97 Å². The lowest BCUT2D eigenvalue weighted by Crippen LogP contribution is -2.12. The van der Waals surface area contributed by atoms with Crippen molar-refractivity contribution in [3.8, 4) is 17.2 Å². The van der Waals surface area contributed by atoms with E-state index in [0.717, 1.165) is 31.2 Å². The molecule has 1 rings (SSSR count). The van der Waals surface area contributed by atoms with E-state index in [4.69, 9.17) is 18.9 Å². The van der Waals surface area contributed by atoms with E-state index in [2.05, 4.69) is 13.8 Å². The molecule has 1 aromatic carbocycles. The SMILES string of the molecule is CCCCC(CC)COC(=O)C=Cc1cc(OC)c(OC)cc1OC. The maximum Gasteiger partial charge on any atom is 0.330 e. The van der Waals surface area contributed by atoms with Crippen LogP contribution in [0.1, 0.15) is 45.1 Å². The van der Waals surface area contributed by atoms with Crippen LogP contribution in [0.15, 0.2) is 18.2 Å². The second-order valence-electron chi connectivity index (χ2n) is 5.83. The molecule has 0 saturated heterocycles. The number of hydrogen-bond donors (Lipinski definition) is 0. The fraction of sp³-hybridized carbons (Fsp3) is 0.550. The molecule has 0 heterocycles. The first-order chi connectivity index (χ1) is 12.1. The van der Waals surface area contributed by atoms with Crippen LogP contribution >= 0.6 is 0 Å². The Hall–Kier alpha value is -2.17. The Morgan fingerprint density at radius 2 is 1.68 bits per heavy atom. The molecule has 0 aliphatic rings. The van der Waals surface area contributed by atoms with Crippen LogP contribution in [-0.2, 0) is 9.53 Å². The minimum absolute atomic E-state index is 0.355. The highest BCUT2D eigenvalue weighted by Crippen LogP contribution is 2.35. The van der Waals surface area contributed by atoms with Gasteiger partial charge < -0.3 is 18.9 Å². The zero-order chi connectivity index (χ0) is 18.7. The van der Waals surface area contributed by atoms with E-state index in [1.54, 1.807) is 39.5 Å². The Morgan fingerprint density at radius 1 is 1.04 bits per heavy atom. The summed E-state index contributed by atoms with van der Waals surface area (Å²) in [5, 5.41) is 0. The molecule has 1 atom stereocenters. The molecule has 25 heavy (non-hydrogen) atoms. The van der Waals surface area contributed by atoms with Crippen LogP contribution in [0.4, 0.5) is 0 Å². The first-order valence-corrected chi connectivity index (χ1v) is 8.74. The van der Waals surface area contributed by atoms with Crippen LogP contribution in [0.25, 0.3) is 6.08 Å². The van der Waals surface area contributed by atoms with E-state index in [9.17, 15) is 4.79 Å². The van der Waals surface area contributed by atoms with Crippen LogP contribution in [0.3, 0.4) is 0 Å². The summed E-state index contributed by atoms with van der Waals surface area (Å²) < 4.78 is 21.2.